The van der Waals surface area contributed by atoms with E-state index < -0.39 is 11.2 Å². The third kappa shape index (κ3) is 2.01. The molecular weight excluding hydrogens is 350 g/mol. The molecule has 0 aromatic carbocycles. The fraction of sp³-hybridized carbons (Fsp3) is 0.917. The minimum absolute atomic E-state index is 0.131. The van der Waals surface area contributed by atoms with Crippen molar-refractivity contribution < 1.29 is 15.0 Å². The van der Waals surface area contributed by atoms with E-state index in [1.165, 1.54) is 0 Å². The molecule has 0 aromatic rings. The van der Waals surface area contributed by atoms with Gasteiger partial charge in [-0.05, 0) is 79.4 Å². The molecule has 4 heteroatoms. The lowest BCUT2D eigenvalue weighted by Crippen LogP contribution is -2.64. The van der Waals surface area contributed by atoms with Crippen LogP contribution in [-0.2, 0) is 4.79 Å². The van der Waals surface area contributed by atoms with Crippen LogP contribution in [0.4, 0.5) is 0 Å². The fourth-order valence-electron chi connectivity index (χ4n) is 9.21. The molecule has 6 unspecified atom stereocenters. The summed E-state index contributed by atoms with van der Waals surface area (Å²) in [6.07, 6.45) is 6.90. The molecule has 28 heavy (non-hydrogen) atoms. The molecule has 5 fully saturated rings. The van der Waals surface area contributed by atoms with Crippen LogP contribution >= 0.6 is 0 Å². The number of nitriles is 1. The summed E-state index contributed by atoms with van der Waals surface area (Å²) < 4.78 is 0. The SMILES string of the molecule is CC1CC2C3C4CC4[C@]4(O)CC(=O)CC[C@]4(C)C3CC[C@]2(C)[C@]1(O)CCC#N. The third-order valence-corrected chi connectivity index (χ3v) is 10.9. The molecule has 5 rings (SSSR count). The van der Waals surface area contributed by atoms with Crippen molar-refractivity contribution in [3.8, 4) is 6.07 Å². The molecule has 0 bridgehead atoms. The summed E-state index contributed by atoms with van der Waals surface area (Å²) in [6.45, 7) is 6.74. The first-order valence-electron chi connectivity index (χ1n) is 11.5. The maximum Gasteiger partial charge on any atom is 0.135 e. The number of carbonyl (C=O) groups is 1. The van der Waals surface area contributed by atoms with Crippen molar-refractivity contribution in [2.45, 2.75) is 89.8 Å². The normalized spacial score (nSPS) is 59.5. The summed E-state index contributed by atoms with van der Waals surface area (Å²) in [7, 11) is 0. The van der Waals surface area contributed by atoms with Crippen molar-refractivity contribution in [3.05, 3.63) is 0 Å². The number of fused-ring (bicyclic) bond motifs is 8. The molecule has 0 spiro atoms. The average Bonchev–Trinajstić information content (AvgIpc) is 3.41. The second-order valence-corrected chi connectivity index (χ2v) is 11.5. The topological polar surface area (TPSA) is 81.3 Å². The van der Waals surface area contributed by atoms with Crippen molar-refractivity contribution in [1.29, 1.82) is 5.26 Å². The van der Waals surface area contributed by atoms with Gasteiger partial charge in [-0.3, -0.25) is 4.79 Å². The van der Waals surface area contributed by atoms with Crippen LogP contribution in [0, 0.1) is 57.7 Å². The van der Waals surface area contributed by atoms with Crippen LogP contribution in [0.25, 0.3) is 0 Å². The van der Waals surface area contributed by atoms with Crippen molar-refractivity contribution in [2.24, 2.45) is 46.3 Å². The van der Waals surface area contributed by atoms with Gasteiger partial charge in [-0.25, -0.2) is 0 Å². The lowest BCUT2D eigenvalue weighted by molar-refractivity contribution is -0.218. The smallest absolute Gasteiger partial charge is 0.135 e. The van der Waals surface area contributed by atoms with Gasteiger partial charge in [0.05, 0.1) is 17.3 Å². The van der Waals surface area contributed by atoms with Gasteiger partial charge >= 0.3 is 0 Å². The third-order valence-electron chi connectivity index (χ3n) is 10.9. The summed E-state index contributed by atoms with van der Waals surface area (Å²) in [4.78, 5) is 12.2. The van der Waals surface area contributed by atoms with E-state index in [0.29, 0.717) is 49.4 Å². The molecular formula is C24H35NO3. The van der Waals surface area contributed by atoms with Gasteiger partial charge in [-0.1, -0.05) is 20.8 Å². The molecule has 0 amide bonds. The van der Waals surface area contributed by atoms with Crippen LogP contribution < -0.4 is 0 Å². The Balaban J connectivity index is 1.53. The molecule has 0 aliphatic heterocycles. The lowest BCUT2D eigenvalue weighted by atomic mass is 9.43. The number of rotatable bonds is 2. The summed E-state index contributed by atoms with van der Waals surface area (Å²) in [5.74, 6) is 2.73. The van der Waals surface area contributed by atoms with E-state index >= 15 is 0 Å². The van der Waals surface area contributed by atoms with E-state index in [-0.39, 0.29) is 28.4 Å². The van der Waals surface area contributed by atoms with E-state index in [2.05, 4.69) is 26.8 Å². The molecule has 4 nitrogen and oxygen atoms in total. The van der Waals surface area contributed by atoms with Crippen LogP contribution in [0.5, 0.6) is 0 Å². The number of hydrogen-bond acceptors (Lipinski definition) is 4. The van der Waals surface area contributed by atoms with Gasteiger partial charge in [0.1, 0.15) is 5.78 Å². The number of Topliss-reactive ketones (excluding diaryl/α,β-unsaturated/α-hetero) is 1. The Hall–Kier alpha value is -0.920. The predicted octanol–water partition coefficient (Wildman–Crippen LogP) is 3.85. The Kier molecular flexibility index (Phi) is 3.82. The number of ketones is 1. The highest BCUT2D eigenvalue weighted by Gasteiger charge is 2.76. The van der Waals surface area contributed by atoms with Gasteiger partial charge < -0.3 is 10.2 Å². The molecule has 5 saturated carbocycles. The molecule has 0 radical (unpaired) electrons. The van der Waals surface area contributed by atoms with Gasteiger partial charge in [0.25, 0.3) is 0 Å². The van der Waals surface area contributed by atoms with Gasteiger partial charge in [-0.15, -0.1) is 0 Å². The Morgan fingerprint density at radius 2 is 1.86 bits per heavy atom. The minimum Gasteiger partial charge on any atom is -0.389 e. The van der Waals surface area contributed by atoms with Crippen molar-refractivity contribution in [3.63, 3.8) is 0 Å². The van der Waals surface area contributed by atoms with Crippen molar-refractivity contribution in [1.82, 2.24) is 0 Å². The van der Waals surface area contributed by atoms with Gasteiger partial charge in [0.2, 0.25) is 0 Å². The lowest BCUT2D eigenvalue weighted by Gasteiger charge is -2.63. The molecule has 2 N–H and O–H groups in total. The zero-order valence-electron chi connectivity index (χ0n) is 17.6. The van der Waals surface area contributed by atoms with Crippen LogP contribution in [0.2, 0.25) is 0 Å². The largest absolute Gasteiger partial charge is 0.389 e. The second-order valence-electron chi connectivity index (χ2n) is 11.5. The zero-order valence-corrected chi connectivity index (χ0v) is 17.6. The van der Waals surface area contributed by atoms with Crippen LogP contribution in [0.1, 0.15) is 78.6 Å². The van der Waals surface area contributed by atoms with E-state index in [0.717, 1.165) is 32.1 Å². The van der Waals surface area contributed by atoms with Gasteiger partial charge in [0, 0.05) is 24.7 Å². The first-order valence-corrected chi connectivity index (χ1v) is 11.5. The van der Waals surface area contributed by atoms with E-state index in [4.69, 9.17) is 5.26 Å². The summed E-state index contributed by atoms with van der Waals surface area (Å²) in [5, 5.41) is 32.7. The Bertz CT molecular complexity index is 759. The van der Waals surface area contributed by atoms with Crippen LogP contribution in [-0.4, -0.2) is 27.2 Å². The standard InChI is InChI=1S/C24H35NO3/c1-14-11-19-20-16-12-18(16)24(28)13-15(26)5-8-21(24,2)17(20)6-9-22(19,3)23(14,27)7-4-10-25/h14,16-20,27-28H,4-9,11-13H2,1-3H3/t14?,16?,17?,18?,19?,20?,21-,22+,23+,24-/m1/s1. The molecule has 0 heterocycles. The molecule has 0 saturated heterocycles. The predicted molar refractivity (Wildman–Crippen MR) is 105 cm³/mol. The number of hydrogen-bond donors (Lipinski definition) is 2. The Morgan fingerprint density at radius 1 is 1.11 bits per heavy atom. The molecule has 5 aliphatic rings. The van der Waals surface area contributed by atoms with Crippen LogP contribution in [0.15, 0.2) is 0 Å². The van der Waals surface area contributed by atoms with Gasteiger partial charge in [0.15, 0.2) is 0 Å². The molecule has 10 atom stereocenters. The molecule has 0 aromatic heterocycles. The Morgan fingerprint density at radius 3 is 2.57 bits per heavy atom. The maximum atomic E-state index is 12.2. The quantitative estimate of drug-likeness (QED) is 0.756. The maximum absolute atomic E-state index is 12.2. The monoisotopic (exact) mass is 385 g/mol. The first-order chi connectivity index (χ1) is 13.1. The first kappa shape index (κ1) is 19.1. The zero-order chi connectivity index (χ0) is 20.1. The number of nitrogens with zero attached hydrogens (tertiary/aromatic N) is 1. The van der Waals surface area contributed by atoms with Crippen molar-refractivity contribution >= 4 is 5.78 Å². The van der Waals surface area contributed by atoms with Crippen molar-refractivity contribution in [2.75, 3.05) is 0 Å². The highest BCUT2D eigenvalue weighted by atomic mass is 16.3. The van der Waals surface area contributed by atoms with E-state index in [9.17, 15) is 15.0 Å². The number of carbonyl (C=O) groups excluding carboxylic acids is 1. The van der Waals surface area contributed by atoms with E-state index in [1.54, 1.807) is 0 Å². The molecule has 154 valence electrons. The minimum atomic E-state index is -0.802. The summed E-state index contributed by atoms with van der Waals surface area (Å²) in [5.41, 5.74) is -1.85. The second kappa shape index (κ2) is 5.61. The average molecular weight is 386 g/mol. The van der Waals surface area contributed by atoms with Crippen LogP contribution in [0.3, 0.4) is 0 Å². The van der Waals surface area contributed by atoms with E-state index in [1.807, 2.05) is 0 Å². The van der Waals surface area contributed by atoms with Gasteiger partial charge in [-0.2, -0.15) is 5.26 Å². The fourth-order valence-corrected chi connectivity index (χ4v) is 9.21. The number of aliphatic hydroxyl groups is 2. The summed E-state index contributed by atoms with van der Waals surface area (Å²) >= 11 is 0. The molecule has 5 aliphatic carbocycles. The summed E-state index contributed by atoms with van der Waals surface area (Å²) in [6, 6.07) is 2.25. The Labute approximate surface area is 168 Å². The highest BCUT2D eigenvalue weighted by molar-refractivity contribution is 5.81. The highest BCUT2D eigenvalue weighted by Crippen LogP contribution is 2.77.